The van der Waals surface area contributed by atoms with Crippen LogP contribution in [0.15, 0.2) is 30.5 Å². The highest BCUT2D eigenvalue weighted by atomic mass is 19.4. The second-order valence-corrected chi connectivity index (χ2v) is 9.14. The minimum Gasteiger partial charge on any atom is -0.493 e. The van der Waals surface area contributed by atoms with E-state index in [-0.39, 0.29) is 29.7 Å². The van der Waals surface area contributed by atoms with Crippen molar-refractivity contribution in [2.24, 2.45) is 5.92 Å². The number of carbonyl (C=O) groups is 2. The molecule has 0 saturated heterocycles. The molecule has 0 unspecified atom stereocenters. The molecule has 0 saturated carbocycles. The molecule has 3 rings (SSSR count). The topological polar surface area (TPSA) is 91.8 Å². The van der Waals surface area contributed by atoms with Crippen LogP contribution in [-0.4, -0.2) is 45.7 Å². The molecule has 1 atom stereocenters. The predicted octanol–water partition coefficient (Wildman–Crippen LogP) is 5.19. The third-order valence-electron chi connectivity index (χ3n) is 5.68. The Labute approximate surface area is 195 Å². The van der Waals surface area contributed by atoms with Crippen molar-refractivity contribution in [2.45, 2.75) is 52.4 Å². The molecule has 1 aliphatic heterocycles. The van der Waals surface area contributed by atoms with Gasteiger partial charge in [-0.25, -0.2) is 4.79 Å². The Bertz CT molecular complexity index is 1090. The van der Waals surface area contributed by atoms with Crippen LogP contribution in [0, 0.1) is 5.92 Å². The normalized spacial score (nSPS) is 14.7. The number of ether oxygens (including phenoxy) is 1. The third-order valence-corrected chi connectivity index (χ3v) is 5.68. The van der Waals surface area contributed by atoms with Crippen molar-refractivity contribution in [1.29, 1.82) is 0 Å². The van der Waals surface area contributed by atoms with Gasteiger partial charge in [0.05, 0.1) is 30.0 Å². The summed E-state index contributed by atoms with van der Waals surface area (Å²) in [5.41, 5.74) is -0.172. The molecular weight excluding hydrogens is 451 g/mol. The zero-order valence-corrected chi connectivity index (χ0v) is 19.5. The van der Waals surface area contributed by atoms with E-state index in [9.17, 15) is 22.8 Å². The van der Waals surface area contributed by atoms with E-state index < -0.39 is 23.4 Å². The van der Waals surface area contributed by atoms with Gasteiger partial charge in [0, 0.05) is 18.3 Å². The van der Waals surface area contributed by atoms with Gasteiger partial charge in [0.15, 0.2) is 0 Å². The number of pyridine rings is 1. The van der Waals surface area contributed by atoms with Crippen molar-refractivity contribution in [1.82, 2.24) is 15.2 Å². The molecule has 10 heteroatoms. The SMILES string of the molecule is CCN1Cc2nccc(-c3ccc(OC[C@@H](C)CC(C)(C)NC(=O)O)c(C(F)(F)F)c3)c2C1=O. The lowest BCUT2D eigenvalue weighted by Gasteiger charge is -2.28. The van der Waals surface area contributed by atoms with Crippen LogP contribution in [0.5, 0.6) is 5.75 Å². The van der Waals surface area contributed by atoms with Gasteiger partial charge >= 0.3 is 12.3 Å². The first-order valence-corrected chi connectivity index (χ1v) is 10.9. The second-order valence-electron chi connectivity index (χ2n) is 9.14. The maximum absolute atomic E-state index is 13.9. The largest absolute Gasteiger partial charge is 0.493 e. The van der Waals surface area contributed by atoms with Crippen LogP contribution in [-0.2, 0) is 12.7 Å². The summed E-state index contributed by atoms with van der Waals surface area (Å²) >= 11 is 0. The Morgan fingerprint density at radius 1 is 1.29 bits per heavy atom. The molecule has 1 aliphatic rings. The van der Waals surface area contributed by atoms with Crippen molar-refractivity contribution in [3.63, 3.8) is 0 Å². The number of aromatic nitrogens is 1. The number of amides is 2. The zero-order chi connectivity index (χ0) is 25.3. The summed E-state index contributed by atoms with van der Waals surface area (Å²) in [5, 5.41) is 11.3. The molecule has 0 bridgehead atoms. The monoisotopic (exact) mass is 479 g/mol. The van der Waals surface area contributed by atoms with E-state index in [0.29, 0.717) is 36.3 Å². The predicted molar refractivity (Wildman–Crippen MR) is 120 cm³/mol. The van der Waals surface area contributed by atoms with Crippen LogP contribution in [0.1, 0.15) is 55.7 Å². The second kappa shape index (κ2) is 9.52. The lowest BCUT2D eigenvalue weighted by molar-refractivity contribution is -0.139. The van der Waals surface area contributed by atoms with Gasteiger partial charge in [0.25, 0.3) is 5.91 Å². The number of alkyl halides is 3. The lowest BCUT2D eigenvalue weighted by atomic mass is 9.92. The van der Waals surface area contributed by atoms with E-state index in [1.165, 1.54) is 18.3 Å². The zero-order valence-electron chi connectivity index (χ0n) is 19.5. The van der Waals surface area contributed by atoms with E-state index in [4.69, 9.17) is 9.84 Å². The number of benzene rings is 1. The smallest absolute Gasteiger partial charge is 0.419 e. The summed E-state index contributed by atoms with van der Waals surface area (Å²) in [6, 6.07) is 5.30. The summed E-state index contributed by atoms with van der Waals surface area (Å²) in [7, 11) is 0. The standard InChI is InChI=1S/C24H28F3N3O4/c1-5-30-12-18-20(21(30)31)16(8-9-28-18)15-6-7-19(17(10-15)24(25,26)27)34-13-14(2)11-23(3,4)29-22(32)33/h6-10,14,29H,5,11-13H2,1-4H3,(H,32,33)/t14-/m0/s1. The van der Waals surface area contributed by atoms with Gasteiger partial charge in [-0.15, -0.1) is 0 Å². The Kier molecular flexibility index (Phi) is 7.09. The fourth-order valence-electron chi connectivity index (χ4n) is 4.32. The lowest BCUT2D eigenvalue weighted by Crippen LogP contribution is -2.44. The van der Waals surface area contributed by atoms with Crippen LogP contribution in [0.2, 0.25) is 0 Å². The third kappa shape index (κ3) is 5.60. The Balaban J connectivity index is 1.87. The molecule has 1 aromatic heterocycles. The van der Waals surface area contributed by atoms with Gasteiger partial charge in [-0.2, -0.15) is 13.2 Å². The van der Waals surface area contributed by atoms with E-state index in [2.05, 4.69) is 10.3 Å². The highest BCUT2D eigenvalue weighted by Crippen LogP contribution is 2.40. The van der Waals surface area contributed by atoms with Crippen molar-refractivity contribution in [3.05, 3.63) is 47.3 Å². The van der Waals surface area contributed by atoms with Crippen LogP contribution in [0.4, 0.5) is 18.0 Å². The Morgan fingerprint density at radius 2 is 2.00 bits per heavy atom. The van der Waals surface area contributed by atoms with Gasteiger partial charge in [-0.3, -0.25) is 9.78 Å². The quantitative estimate of drug-likeness (QED) is 0.543. The van der Waals surface area contributed by atoms with Gasteiger partial charge in [-0.05, 0) is 62.4 Å². The van der Waals surface area contributed by atoms with Crippen LogP contribution in [0.3, 0.4) is 0 Å². The first-order chi connectivity index (χ1) is 15.8. The van der Waals surface area contributed by atoms with Crippen molar-refractivity contribution < 1.29 is 32.6 Å². The van der Waals surface area contributed by atoms with Gasteiger partial charge in [0.2, 0.25) is 0 Å². The Morgan fingerprint density at radius 3 is 2.62 bits per heavy atom. The first-order valence-electron chi connectivity index (χ1n) is 10.9. The fraction of sp³-hybridized carbons (Fsp3) is 0.458. The minimum atomic E-state index is -4.67. The number of hydrogen-bond acceptors (Lipinski definition) is 4. The number of carbonyl (C=O) groups excluding carboxylic acids is 1. The molecule has 7 nitrogen and oxygen atoms in total. The molecule has 0 aliphatic carbocycles. The molecule has 184 valence electrons. The van der Waals surface area contributed by atoms with Crippen LogP contribution in [0.25, 0.3) is 11.1 Å². The maximum atomic E-state index is 13.9. The Hall–Kier alpha value is -3.30. The van der Waals surface area contributed by atoms with Gasteiger partial charge in [0.1, 0.15) is 5.75 Å². The van der Waals surface area contributed by atoms with E-state index in [0.717, 1.165) is 6.07 Å². The molecule has 34 heavy (non-hydrogen) atoms. The number of carboxylic acid groups (broad SMARTS) is 1. The first kappa shape index (κ1) is 25.3. The van der Waals surface area contributed by atoms with E-state index in [1.807, 2.05) is 6.92 Å². The fourth-order valence-corrected chi connectivity index (χ4v) is 4.32. The molecule has 0 radical (unpaired) electrons. The van der Waals surface area contributed by atoms with Crippen molar-refractivity contribution in [3.8, 4) is 16.9 Å². The summed E-state index contributed by atoms with van der Waals surface area (Å²) < 4.78 is 47.3. The highest BCUT2D eigenvalue weighted by molar-refractivity contribution is 6.04. The average Bonchev–Trinajstić information content (AvgIpc) is 3.06. The molecular formula is C24H28F3N3O4. The van der Waals surface area contributed by atoms with Crippen LogP contribution < -0.4 is 10.1 Å². The number of nitrogens with one attached hydrogen (secondary N) is 1. The molecule has 2 N–H and O–H groups in total. The van der Waals surface area contributed by atoms with Gasteiger partial charge < -0.3 is 20.1 Å². The molecule has 0 spiro atoms. The van der Waals surface area contributed by atoms with E-state index in [1.54, 1.807) is 31.7 Å². The number of nitrogens with zero attached hydrogens (tertiary/aromatic N) is 2. The van der Waals surface area contributed by atoms with Gasteiger partial charge in [-0.1, -0.05) is 13.0 Å². The number of hydrogen-bond donors (Lipinski definition) is 2. The molecule has 2 heterocycles. The summed E-state index contributed by atoms with van der Waals surface area (Å²) in [6.07, 6.45) is -3.98. The molecule has 2 aromatic rings. The summed E-state index contributed by atoms with van der Waals surface area (Å²) in [6.45, 7) is 7.78. The minimum absolute atomic E-state index is 0.0260. The average molecular weight is 479 g/mol. The maximum Gasteiger partial charge on any atom is 0.419 e. The van der Waals surface area contributed by atoms with E-state index >= 15 is 0 Å². The molecule has 1 aromatic carbocycles. The highest BCUT2D eigenvalue weighted by Gasteiger charge is 2.36. The number of rotatable bonds is 8. The summed E-state index contributed by atoms with van der Waals surface area (Å²) in [5.74, 6) is -0.788. The number of halogens is 3. The number of fused-ring (bicyclic) bond motifs is 1. The van der Waals surface area contributed by atoms with Crippen molar-refractivity contribution in [2.75, 3.05) is 13.2 Å². The van der Waals surface area contributed by atoms with Crippen molar-refractivity contribution >= 4 is 12.0 Å². The molecule has 2 amide bonds. The summed E-state index contributed by atoms with van der Waals surface area (Å²) in [4.78, 5) is 29.5. The molecule has 0 fully saturated rings. The van der Waals surface area contributed by atoms with Crippen LogP contribution >= 0.6 is 0 Å².